The van der Waals surface area contributed by atoms with E-state index in [0.717, 1.165) is 0 Å². The number of ether oxygens (including phenoxy) is 9. The van der Waals surface area contributed by atoms with Gasteiger partial charge < -0.3 is 129 Å². The summed E-state index contributed by atoms with van der Waals surface area (Å²) in [4.78, 5) is 0. The second kappa shape index (κ2) is 19.6. The summed E-state index contributed by atoms with van der Waals surface area (Å²) in [6.07, 6.45) is -45.4. The first kappa shape index (κ1) is 46.0. The molecule has 26 nitrogen and oxygen atoms in total. The van der Waals surface area contributed by atoms with Crippen molar-refractivity contribution in [2.75, 3.05) is 33.0 Å². The molecule has 328 valence electrons. The molecule has 5 rings (SSSR count). The van der Waals surface area contributed by atoms with E-state index in [1.165, 1.54) is 0 Å². The van der Waals surface area contributed by atoms with Crippen LogP contribution in [-0.4, -0.2) is 273 Å². The van der Waals surface area contributed by atoms with Gasteiger partial charge in [0.1, 0.15) is 122 Å². The highest BCUT2D eigenvalue weighted by Gasteiger charge is 2.54. The highest BCUT2D eigenvalue weighted by atomic mass is 16.8. The van der Waals surface area contributed by atoms with Crippen LogP contribution in [0.1, 0.15) is 0 Å². The van der Waals surface area contributed by atoms with E-state index in [2.05, 4.69) is 0 Å². The number of rotatable bonds is 13. The fraction of sp³-hybridized carbons (Fsp3) is 1.00. The van der Waals surface area contributed by atoms with Crippen LogP contribution >= 0.6 is 0 Å². The second-order valence-electron chi connectivity index (χ2n) is 14.0. The Kier molecular flexibility index (Phi) is 16.1. The monoisotopic (exact) mass is 828 g/mol. The van der Waals surface area contributed by atoms with E-state index in [-0.39, 0.29) is 0 Å². The van der Waals surface area contributed by atoms with Gasteiger partial charge in [0.05, 0.1) is 33.0 Å². The summed E-state index contributed by atoms with van der Waals surface area (Å²) < 4.78 is 49.0. The molecule has 0 aromatic rings. The summed E-state index contributed by atoms with van der Waals surface area (Å²) in [5, 5.41) is 175. The Morgan fingerprint density at radius 1 is 0.304 bits per heavy atom. The average molecular weight is 829 g/mol. The maximum absolute atomic E-state index is 11.1. The van der Waals surface area contributed by atoms with E-state index in [4.69, 9.17) is 42.6 Å². The molecule has 5 aliphatic heterocycles. The SMILES string of the molecule is OC[C@H]1O[C@H](OC[C@H]2O[C@@H](O[C@H]3[C@H](O)[C@H](O)[C@H](O[C@H]4[C@H](O)[C@H](O)[C@H](O)O[C@@H]4CO[C@H]4O[C@H](CO)[C@H](O)[C@H](O)[C@H]4O)O[C@@H]3CO)[C@@H](O)[C@@H](O)[C@@H]2O)[C@H](O)[C@@H](O)[C@H]1O. The molecule has 0 aromatic carbocycles. The van der Waals surface area contributed by atoms with Gasteiger partial charge in [-0.25, -0.2) is 0 Å². The first-order valence-electron chi connectivity index (χ1n) is 17.6. The molecule has 56 heavy (non-hydrogen) atoms. The largest absolute Gasteiger partial charge is 0.394 e. The first-order valence-corrected chi connectivity index (χ1v) is 17.6. The van der Waals surface area contributed by atoms with Crippen molar-refractivity contribution in [3.8, 4) is 0 Å². The number of aliphatic hydroxyl groups excluding tert-OH is 17. The summed E-state index contributed by atoms with van der Waals surface area (Å²) >= 11 is 0. The van der Waals surface area contributed by atoms with Gasteiger partial charge in [0.15, 0.2) is 31.5 Å². The molecular formula is C30H52O26. The van der Waals surface area contributed by atoms with Crippen LogP contribution in [0.15, 0.2) is 0 Å². The molecule has 0 saturated carbocycles. The van der Waals surface area contributed by atoms with Crippen LogP contribution in [0.3, 0.4) is 0 Å². The molecule has 0 aliphatic carbocycles. The second-order valence-corrected chi connectivity index (χ2v) is 14.0. The molecule has 17 N–H and O–H groups in total. The number of aliphatic hydroxyl groups is 17. The maximum atomic E-state index is 11.1. The Bertz CT molecular complexity index is 1200. The van der Waals surface area contributed by atoms with Crippen LogP contribution in [0, 0.1) is 0 Å². The van der Waals surface area contributed by atoms with Gasteiger partial charge in [-0.05, 0) is 0 Å². The van der Waals surface area contributed by atoms with Gasteiger partial charge in [0.25, 0.3) is 0 Å². The van der Waals surface area contributed by atoms with E-state index in [9.17, 15) is 86.8 Å². The third-order valence-corrected chi connectivity index (χ3v) is 10.3. The maximum Gasteiger partial charge on any atom is 0.187 e. The normalized spacial score (nSPS) is 53.2. The Labute approximate surface area is 316 Å². The van der Waals surface area contributed by atoms with Crippen molar-refractivity contribution in [2.24, 2.45) is 0 Å². The molecule has 5 saturated heterocycles. The average Bonchev–Trinajstić information content (AvgIpc) is 3.18. The molecule has 0 spiro atoms. The first-order chi connectivity index (χ1) is 26.4. The molecule has 5 fully saturated rings. The predicted octanol–water partition coefficient (Wildman–Crippen LogP) is -11.9. The zero-order valence-corrected chi connectivity index (χ0v) is 29.2. The van der Waals surface area contributed by atoms with Gasteiger partial charge in [-0.2, -0.15) is 0 Å². The van der Waals surface area contributed by atoms with Crippen LogP contribution in [0.4, 0.5) is 0 Å². The minimum absolute atomic E-state index is 0.729. The third kappa shape index (κ3) is 9.46. The molecule has 26 heteroatoms. The fourth-order valence-electron chi connectivity index (χ4n) is 6.82. The van der Waals surface area contributed by atoms with E-state index in [1.807, 2.05) is 0 Å². The molecule has 0 radical (unpaired) electrons. The number of hydrogen-bond acceptors (Lipinski definition) is 26. The summed E-state index contributed by atoms with van der Waals surface area (Å²) in [7, 11) is 0. The fourth-order valence-corrected chi connectivity index (χ4v) is 6.82. The van der Waals surface area contributed by atoms with Gasteiger partial charge in [-0.3, -0.25) is 0 Å². The molecule has 0 unspecified atom stereocenters. The molecule has 25 atom stereocenters. The van der Waals surface area contributed by atoms with E-state index < -0.39 is 187 Å². The minimum atomic E-state index is -2.13. The van der Waals surface area contributed by atoms with Crippen molar-refractivity contribution < 1.29 is 129 Å². The van der Waals surface area contributed by atoms with Crippen LogP contribution in [-0.2, 0) is 42.6 Å². The zero-order chi connectivity index (χ0) is 41.3. The lowest BCUT2D eigenvalue weighted by Crippen LogP contribution is -2.67. The standard InChI is InChI=1S/C30H52O26/c31-1-6-11(34)14(37)20(43)27(51-6)48-4-9-13(36)16(39)22(45)29(54-9)55-24-8(3-33)53-30(23(46)18(24)41)56-25-10(50-26(47)19(42)17(25)40)5-49-28-21(44)15(38)12(35)7(2-32)52-28/h6-47H,1-5H2/t6-,7-,8-,9-,10-,11+,12+,13-,14+,15+,16+,17-,18-,19+,20-,21-,22+,23+,24-,25-,26-,27+,28+,29+,30+/m1/s1. The van der Waals surface area contributed by atoms with Crippen molar-refractivity contribution in [2.45, 2.75) is 154 Å². The van der Waals surface area contributed by atoms with Crippen molar-refractivity contribution in [1.82, 2.24) is 0 Å². The number of hydrogen-bond donors (Lipinski definition) is 17. The van der Waals surface area contributed by atoms with Crippen molar-refractivity contribution >= 4 is 0 Å². The molecule has 0 bridgehead atoms. The van der Waals surface area contributed by atoms with Gasteiger partial charge in [-0.1, -0.05) is 0 Å². The van der Waals surface area contributed by atoms with Gasteiger partial charge in [0, 0.05) is 0 Å². The zero-order valence-electron chi connectivity index (χ0n) is 29.2. The van der Waals surface area contributed by atoms with Crippen LogP contribution in [0.2, 0.25) is 0 Å². The molecule has 0 amide bonds. The van der Waals surface area contributed by atoms with Crippen molar-refractivity contribution in [3.05, 3.63) is 0 Å². The van der Waals surface area contributed by atoms with Crippen LogP contribution in [0.5, 0.6) is 0 Å². The Morgan fingerprint density at radius 3 is 1.11 bits per heavy atom. The lowest BCUT2D eigenvalue weighted by Gasteiger charge is -2.48. The summed E-state index contributed by atoms with van der Waals surface area (Å²) in [5.74, 6) is 0. The third-order valence-electron chi connectivity index (χ3n) is 10.3. The van der Waals surface area contributed by atoms with Crippen molar-refractivity contribution in [1.29, 1.82) is 0 Å². The predicted molar refractivity (Wildman–Crippen MR) is 167 cm³/mol. The molecule has 5 aliphatic rings. The minimum Gasteiger partial charge on any atom is -0.394 e. The Morgan fingerprint density at radius 2 is 0.643 bits per heavy atom. The van der Waals surface area contributed by atoms with E-state index in [1.54, 1.807) is 0 Å². The van der Waals surface area contributed by atoms with Crippen LogP contribution in [0.25, 0.3) is 0 Å². The Balaban J connectivity index is 1.24. The summed E-state index contributed by atoms with van der Waals surface area (Å²) in [6.45, 7) is -4.02. The molecule has 5 heterocycles. The molecule has 0 aromatic heterocycles. The van der Waals surface area contributed by atoms with Gasteiger partial charge >= 0.3 is 0 Å². The smallest absolute Gasteiger partial charge is 0.187 e. The lowest BCUT2D eigenvalue weighted by molar-refractivity contribution is -0.382. The lowest BCUT2D eigenvalue weighted by atomic mass is 9.96. The highest BCUT2D eigenvalue weighted by Crippen LogP contribution is 2.33. The Hall–Kier alpha value is -1.04. The highest BCUT2D eigenvalue weighted by molar-refractivity contribution is 4.97. The summed E-state index contributed by atoms with van der Waals surface area (Å²) in [5.41, 5.74) is 0. The topological polar surface area (TPSA) is 427 Å². The van der Waals surface area contributed by atoms with Crippen LogP contribution < -0.4 is 0 Å². The molecular weight excluding hydrogens is 776 g/mol. The quantitative estimate of drug-likeness (QED) is 0.0819. The van der Waals surface area contributed by atoms with E-state index in [0.29, 0.717) is 0 Å². The van der Waals surface area contributed by atoms with E-state index >= 15 is 0 Å². The summed E-state index contributed by atoms with van der Waals surface area (Å²) in [6, 6.07) is 0. The van der Waals surface area contributed by atoms with Gasteiger partial charge in [0.2, 0.25) is 0 Å². The van der Waals surface area contributed by atoms with Gasteiger partial charge in [-0.15, -0.1) is 0 Å². The van der Waals surface area contributed by atoms with Crippen molar-refractivity contribution in [3.63, 3.8) is 0 Å².